The lowest BCUT2D eigenvalue weighted by Gasteiger charge is -2.35. The molecule has 0 spiro atoms. The summed E-state index contributed by atoms with van der Waals surface area (Å²) in [6.45, 7) is 10.6. The number of aromatic nitrogens is 1. The minimum absolute atomic E-state index is 0.124. The Kier molecular flexibility index (Phi) is 5.11. The molecule has 3 rings (SSSR count). The van der Waals surface area contributed by atoms with Gasteiger partial charge in [0.05, 0.1) is 6.54 Å². The number of hydrogen-bond donors (Lipinski definition) is 1. The van der Waals surface area contributed by atoms with Gasteiger partial charge in [-0.3, -0.25) is 4.79 Å². The number of amides is 1. The Morgan fingerprint density at radius 3 is 2.60 bits per heavy atom. The molecule has 1 saturated heterocycles. The molecule has 2 atom stereocenters. The minimum atomic E-state index is 0.124. The number of benzene rings is 1. The molecule has 134 valence electrons. The standard InChI is InChI=1S/C20H27N3O2/c1-13-7-14(2)12-23(11-13)20(24)17-6-5-15(3)19(9-17)21-10-18-8-16(4)25-22-18/h5-6,8-9,13-14,21H,7,10-12H2,1-4H3/t13-,14-/m0/s1. The first kappa shape index (κ1) is 17.5. The van der Waals surface area contributed by atoms with Gasteiger partial charge in [0.15, 0.2) is 0 Å². The van der Waals surface area contributed by atoms with Crippen molar-refractivity contribution in [2.75, 3.05) is 18.4 Å². The number of anilines is 1. The summed E-state index contributed by atoms with van der Waals surface area (Å²) in [6, 6.07) is 7.79. The van der Waals surface area contributed by atoms with Gasteiger partial charge >= 0.3 is 0 Å². The van der Waals surface area contributed by atoms with Crippen molar-refractivity contribution in [3.63, 3.8) is 0 Å². The topological polar surface area (TPSA) is 58.4 Å². The number of nitrogens with zero attached hydrogens (tertiary/aromatic N) is 2. The van der Waals surface area contributed by atoms with Gasteiger partial charge in [0.1, 0.15) is 11.5 Å². The van der Waals surface area contributed by atoms with Gasteiger partial charge in [-0.15, -0.1) is 0 Å². The van der Waals surface area contributed by atoms with Crippen molar-refractivity contribution in [2.45, 2.75) is 40.7 Å². The molecule has 2 aromatic rings. The number of aryl methyl sites for hydroxylation is 2. The van der Waals surface area contributed by atoms with Gasteiger partial charge in [-0.05, 0) is 49.8 Å². The number of hydrogen-bond acceptors (Lipinski definition) is 4. The van der Waals surface area contributed by atoms with E-state index in [0.29, 0.717) is 18.4 Å². The van der Waals surface area contributed by atoms with Crippen molar-refractivity contribution in [3.05, 3.63) is 46.8 Å². The lowest BCUT2D eigenvalue weighted by molar-refractivity contribution is 0.0623. The molecule has 25 heavy (non-hydrogen) atoms. The second-order valence-electron chi connectivity index (χ2n) is 7.47. The summed E-state index contributed by atoms with van der Waals surface area (Å²) in [5.74, 6) is 2.04. The zero-order valence-corrected chi connectivity index (χ0v) is 15.5. The monoisotopic (exact) mass is 341 g/mol. The van der Waals surface area contributed by atoms with E-state index >= 15 is 0 Å². The minimum Gasteiger partial charge on any atom is -0.379 e. The number of carbonyl (C=O) groups excluding carboxylic acids is 1. The van der Waals surface area contributed by atoms with Gasteiger partial charge in [0.25, 0.3) is 5.91 Å². The van der Waals surface area contributed by atoms with Crippen LogP contribution in [-0.4, -0.2) is 29.1 Å². The molecule has 0 aliphatic carbocycles. The van der Waals surface area contributed by atoms with Gasteiger partial charge in [-0.2, -0.15) is 0 Å². The van der Waals surface area contributed by atoms with Crippen LogP contribution in [0.4, 0.5) is 5.69 Å². The third kappa shape index (κ3) is 4.21. The normalized spacial score (nSPS) is 20.6. The Hall–Kier alpha value is -2.30. The highest BCUT2D eigenvalue weighted by Crippen LogP contribution is 2.24. The van der Waals surface area contributed by atoms with Crippen molar-refractivity contribution >= 4 is 11.6 Å². The van der Waals surface area contributed by atoms with Crippen LogP contribution < -0.4 is 5.32 Å². The maximum Gasteiger partial charge on any atom is 0.253 e. The van der Waals surface area contributed by atoms with Crippen molar-refractivity contribution in [1.82, 2.24) is 10.1 Å². The zero-order chi connectivity index (χ0) is 18.0. The summed E-state index contributed by atoms with van der Waals surface area (Å²) in [7, 11) is 0. The van der Waals surface area contributed by atoms with Gasteiger partial charge in [0.2, 0.25) is 0 Å². The number of piperidine rings is 1. The Bertz CT molecular complexity index is 743. The number of carbonyl (C=O) groups is 1. The summed E-state index contributed by atoms with van der Waals surface area (Å²) in [4.78, 5) is 14.9. The summed E-state index contributed by atoms with van der Waals surface area (Å²) < 4.78 is 5.09. The van der Waals surface area contributed by atoms with Gasteiger partial charge in [-0.25, -0.2) is 0 Å². The Morgan fingerprint density at radius 1 is 1.24 bits per heavy atom. The SMILES string of the molecule is Cc1cc(CNc2cc(C(=O)N3C[C@@H](C)C[C@H](C)C3)ccc2C)no1. The van der Waals surface area contributed by atoms with E-state index in [2.05, 4.69) is 24.3 Å². The van der Waals surface area contributed by atoms with Gasteiger partial charge in [0, 0.05) is 30.4 Å². The molecule has 0 bridgehead atoms. The van der Waals surface area contributed by atoms with Crippen molar-refractivity contribution < 1.29 is 9.32 Å². The van der Waals surface area contributed by atoms with Crippen molar-refractivity contribution in [1.29, 1.82) is 0 Å². The van der Waals surface area contributed by atoms with E-state index < -0.39 is 0 Å². The highest BCUT2D eigenvalue weighted by Gasteiger charge is 2.26. The van der Waals surface area contributed by atoms with Crippen LogP contribution in [0.5, 0.6) is 0 Å². The van der Waals surface area contributed by atoms with Crippen LogP contribution in [0, 0.1) is 25.7 Å². The molecule has 5 nitrogen and oxygen atoms in total. The average molecular weight is 341 g/mol. The first-order valence-electron chi connectivity index (χ1n) is 8.98. The van der Waals surface area contributed by atoms with Crippen molar-refractivity contribution in [2.24, 2.45) is 11.8 Å². The van der Waals surface area contributed by atoms with E-state index in [-0.39, 0.29) is 5.91 Å². The van der Waals surface area contributed by atoms with E-state index in [1.54, 1.807) is 0 Å². The van der Waals surface area contributed by atoms with Crippen molar-refractivity contribution in [3.8, 4) is 0 Å². The second-order valence-corrected chi connectivity index (χ2v) is 7.47. The molecule has 1 aromatic carbocycles. The summed E-state index contributed by atoms with van der Waals surface area (Å²) in [5.41, 5.74) is 3.67. The Labute approximate surface area is 149 Å². The van der Waals surface area contributed by atoms with Crippen LogP contribution in [0.3, 0.4) is 0 Å². The van der Waals surface area contributed by atoms with Crippen LogP contribution in [-0.2, 0) is 6.54 Å². The molecule has 0 saturated carbocycles. The number of likely N-dealkylation sites (tertiary alicyclic amines) is 1. The van der Waals surface area contributed by atoms with Gasteiger partial charge in [-0.1, -0.05) is 25.1 Å². The van der Waals surface area contributed by atoms with Gasteiger partial charge < -0.3 is 14.7 Å². The molecule has 5 heteroatoms. The summed E-state index contributed by atoms with van der Waals surface area (Å²) in [5, 5.41) is 7.36. The molecule has 0 radical (unpaired) electrons. The van der Waals surface area contributed by atoms with E-state index in [4.69, 9.17) is 4.52 Å². The average Bonchev–Trinajstić information content (AvgIpc) is 2.98. The van der Waals surface area contributed by atoms with Crippen LogP contribution in [0.1, 0.15) is 47.6 Å². The number of nitrogens with one attached hydrogen (secondary N) is 1. The predicted molar refractivity (Wildman–Crippen MR) is 98.6 cm³/mol. The highest BCUT2D eigenvalue weighted by molar-refractivity contribution is 5.95. The molecule has 1 fully saturated rings. The second kappa shape index (κ2) is 7.30. The lowest BCUT2D eigenvalue weighted by Crippen LogP contribution is -2.42. The Balaban J connectivity index is 1.72. The van der Waals surface area contributed by atoms with E-state index in [9.17, 15) is 4.79 Å². The maximum absolute atomic E-state index is 12.9. The molecule has 1 aliphatic heterocycles. The molecule has 0 unspecified atom stereocenters. The third-order valence-electron chi connectivity index (χ3n) is 4.78. The molecule has 2 heterocycles. The maximum atomic E-state index is 12.9. The summed E-state index contributed by atoms with van der Waals surface area (Å²) in [6.07, 6.45) is 1.20. The zero-order valence-electron chi connectivity index (χ0n) is 15.5. The van der Waals surface area contributed by atoms with E-state index in [1.165, 1.54) is 6.42 Å². The lowest BCUT2D eigenvalue weighted by atomic mass is 9.91. The highest BCUT2D eigenvalue weighted by atomic mass is 16.5. The fraction of sp³-hybridized carbons (Fsp3) is 0.500. The largest absolute Gasteiger partial charge is 0.379 e. The first-order chi connectivity index (χ1) is 11.9. The number of rotatable bonds is 4. The Morgan fingerprint density at radius 2 is 1.96 bits per heavy atom. The van der Waals surface area contributed by atoms with Crippen LogP contribution >= 0.6 is 0 Å². The third-order valence-corrected chi connectivity index (χ3v) is 4.78. The molecule has 1 amide bonds. The fourth-order valence-corrected chi connectivity index (χ4v) is 3.64. The first-order valence-corrected chi connectivity index (χ1v) is 8.98. The predicted octanol–water partition coefficient (Wildman–Crippen LogP) is 4.02. The van der Waals surface area contributed by atoms with Crippen LogP contribution in [0.15, 0.2) is 28.8 Å². The quantitative estimate of drug-likeness (QED) is 0.912. The molecule has 1 N–H and O–H groups in total. The van der Waals surface area contributed by atoms with E-state index in [1.807, 2.05) is 43.0 Å². The van der Waals surface area contributed by atoms with Crippen LogP contribution in [0.2, 0.25) is 0 Å². The van der Waals surface area contributed by atoms with Crippen LogP contribution in [0.25, 0.3) is 0 Å². The molecular formula is C20H27N3O2. The molecule has 1 aromatic heterocycles. The summed E-state index contributed by atoms with van der Waals surface area (Å²) >= 11 is 0. The molecule has 1 aliphatic rings. The fourth-order valence-electron chi connectivity index (χ4n) is 3.64. The van der Waals surface area contributed by atoms with E-state index in [0.717, 1.165) is 41.4 Å². The molecular weight excluding hydrogens is 314 g/mol. The smallest absolute Gasteiger partial charge is 0.253 e.